The van der Waals surface area contributed by atoms with E-state index in [0.29, 0.717) is 0 Å². The summed E-state index contributed by atoms with van der Waals surface area (Å²) >= 11 is 8.10. The third-order valence-corrected chi connectivity index (χ3v) is 9.61. The number of amides is 1. The zero-order chi connectivity index (χ0) is 31.8. The number of nitrogens with two attached hydrogens (primary N) is 1. The molecule has 0 radical (unpaired) electrons. The number of nitrogens with one attached hydrogen (secondary N) is 4. The van der Waals surface area contributed by atoms with Crippen molar-refractivity contribution in [1.29, 1.82) is 0 Å². The number of hydrogen-bond acceptors (Lipinski definition) is 19. The molecule has 240 valence electrons. The zero-order valence-electron chi connectivity index (χ0n) is 22.1. The molecule has 3 unspecified atom stereocenters. The molecule has 0 aliphatic carbocycles. The van der Waals surface area contributed by atoms with Gasteiger partial charge < -0.3 is 30.2 Å². The summed E-state index contributed by atoms with van der Waals surface area (Å²) in [5, 5.41) is 19.6. The van der Waals surface area contributed by atoms with E-state index >= 15 is 4.39 Å². The summed E-state index contributed by atoms with van der Waals surface area (Å²) in [6, 6.07) is -0.738. The van der Waals surface area contributed by atoms with Crippen molar-refractivity contribution in [2.75, 3.05) is 24.0 Å². The fourth-order valence-electron chi connectivity index (χ4n) is 4.84. The maximum Gasteiger partial charge on any atom is 0.563 e. The number of H-pyrrole nitrogens is 1. The van der Waals surface area contributed by atoms with Gasteiger partial charge in [-0.05, 0) is 0 Å². The molecular formula is C20H22FN9O11P2S2+2. The van der Waals surface area contributed by atoms with Gasteiger partial charge in [0, 0.05) is 0 Å². The van der Waals surface area contributed by atoms with Crippen LogP contribution in [0.15, 0.2) is 33.3 Å². The highest BCUT2D eigenvalue weighted by Gasteiger charge is 2.52. The Kier molecular flexibility index (Phi) is 7.32. The van der Waals surface area contributed by atoms with Crippen LogP contribution in [0, 0.1) is 5.82 Å². The third-order valence-electron chi connectivity index (χ3n) is 6.80. The number of nitrogen functional groups attached to an aromatic ring is 1. The Balaban J connectivity index is 1.27. The molecule has 45 heavy (non-hydrogen) atoms. The van der Waals surface area contributed by atoms with Crippen molar-refractivity contribution in [2.45, 2.75) is 24.9 Å². The van der Waals surface area contributed by atoms with Gasteiger partial charge in [-0.2, -0.15) is 23.7 Å². The summed E-state index contributed by atoms with van der Waals surface area (Å²) in [5.74, 6) is -4.46. The first-order valence-electron chi connectivity index (χ1n) is 12.6. The van der Waals surface area contributed by atoms with Crippen molar-refractivity contribution in [3.63, 3.8) is 0 Å². The number of carbonyl (C=O) groups excluding carboxylic acids is 1. The number of rotatable bonds is 2. The van der Waals surface area contributed by atoms with Crippen LogP contribution in [0.1, 0.15) is 5.76 Å². The first-order valence-corrected chi connectivity index (χ1v) is 18.0. The molecule has 0 spiro atoms. The van der Waals surface area contributed by atoms with Gasteiger partial charge in [0.15, 0.2) is 41.7 Å². The van der Waals surface area contributed by atoms with Crippen molar-refractivity contribution in [3.05, 3.63) is 46.0 Å². The van der Waals surface area contributed by atoms with Gasteiger partial charge in [-0.3, -0.25) is 38.8 Å². The van der Waals surface area contributed by atoms with Gasteiger partial charge in [0.1, 0.15) is 43.0 Å². The van der Waals surface area contributed by atoms with Crippen LogP contribution in [0.4, 0.5) is 16.2 Å². The van der Waals surface area contributed by atoms with E-state index in [4.69, 9.17) is 33.0 Å². The molecule has 1 amide bonds. The quantitative estimate of drug-likeness (QED) is 0.117. The Morgan fingerprint density at radius 1 is 1.18 bits per heavy atom. The SMILES string of the molecule is Nc1nc2c(ncn2C2=C3O[P+](O)(S)OCc4oc(N5CN[C@H]6C(=O)NCNC65)c(F)c4O[P+](O)(S)O/C=C(/O2)[C@H]3O)c(=O)[nH]1. The number of furan rings is 1. The number of hydrogen-bond donors (Lipinski definition) is 10. The summed E-state index contributed by atoms with van der Waals surface area (Å²) in [6.45, 7) is -0.658. The van der Waals surface area contributed by atoms with Crippen molar-refractivity contribution >= 4 is 73.6 Å². The Labute approximate surface area is 260 Å². The maximum absolute atomic E-state index is 15.9. The minimum Gasteiger partial charge on any atom is -0.435 e. The lowest BCUT2D eigenvalue weighted by Crippen LogP contribution is -2.62. The van der Waals surface area contributed by atoms with Crippen molar-refractivity contribution in [3.8, 4) is 5.75 Å². The minimum absolute atomic E-state index is 0.0170. The smallest absolute Gasteiger partial charge is 0.435 e. The molecule has 2 bridgehead atoms. The second kappa shape index (κ2) is 10.9. The molecule has 4 aliphatic heterocycles. The van der Waals surface area contributed by atoms with Crippen molar-refractivity contribution in [1.82, 2.24) is 35.5 Å². The van der Waals surface area contributed by atoms with Crippen LogP contribution in [0.3, 0.4) is 0 Å². The summed E-state index contributed by atoms with van der Waals surface area (Å²) < 4.78 is 50.1. The monoisotopic (exact) mass is 709 g/mol. The molecule has 0 aromatic carbocycles. The molecule has 2 saturated heterocycles. The van der Waals surface area contributed by atoms with Crippen LogP contribution >= 0.6 is 38.8 Å². The fourth-order valence-corrected chi connectivity index (χ4v) is 7.14. The second-order valence-corrected chi connectivity index (χ2v) is 15.5. The van der Waals surface area contributed by atoms with Crippen molar-refractivity contribution < 1.29 is 51.3 Å². The van der Waals surface area contributed by atoms with E-state index in [0.717, 1.165) is 17.2 Å². The van der Waals surface area contributed by atoms with E-state index in [1.807, 2.05) is 0 Å². The van der Waals surface area contributed by atoms with Gasteiger partial charge in [-0.15, -0.1) is 0 Å². The first-order chi connectivity index (χ1) is 21.3. The molecule has 3 aromatic rings. The number of nitrogens with zero attached hydrogens (tertiary/aromatic N) is 4. The molecular weight excluding hydrogens is 687 g/mol. The molecule has 2 fully saturated rings. The predicted molar refractivity (Wildman–Crippen MR) is 158 cm³/mol. The second-order valence-electron chi connectivity index (χ2n) is 9.62. The van der Waals surface area contributed by atoms with Gasteiger partial charge in [0.25, 0.3) is 23.0 Å². The maximum atomic E-state index is 15.9. The number of carbonyl (C=O) groups is 1. The van der Waals surface area contributed by atoms with Crippen LogP contribution in [-0.2, 0) is 29.7 Å². The lowest BCUT2D eigenvalue weighted by atomic mass is 10.2. The van der Waals surface area contributed by atoms with E-state index in [2.05, 4.69) is 55.4 Å². The van der Waals surface area contributed by atoms with E-state index < -0.39 is 73.7 Å². The summed E-state index contributed by atoms with van der Waals surface area (Å²) in [7, 11) is -8.58. The molecule has 3 aromatic heterocycles. The summed E-state index contributed by atoms with van der Waals surface area (Å²) in [6.07, 6.45) is -0.700. The molecule has 5 atom stereocenters. The lowest BCUT2D eigenvalue weighted by molar-refractivity contribution is -0.124. The van der Waals surface area contributed by atoms with Crippen LogP contribution in [0.2, 0.25) is 0 Å². The number of aliphatic hydroxyl groups is 1. The van der Waals surface area contributed by atoms with Crippen LogP contribution in [-0.4, -0.2) is 72.0 Å². The number of halogens is 1. The highest BCUT2D eigenvalue weighted by molar-refractivity contribution is 8.47. The zero-order valence-corrected chi connectivity index (χ0v) is 25.7. The van der Waals surface area contributed by atoms with E-state index in [9.17, 15) is 24.5 Å². The highest BCUT2D eigenvalue weighted by atomic mass is 32.7. The number of aliphatic hydroxyl groups excluding tert-OH is 1. The topological polar surface area (TPSA) is 266 Å². The van der Waals surface area contributed by atoms with Crippen LogP contribution < -0.4 is 36.7 Å². The molecule has 0 saturated carbocycles. The van der Waals surface area contributed by atoms with Crippen LogP contribution in [0.5, 0.6) is 5.75 Å². The number of fused-ring (bicyclic) bond motifs is 5. The normalized spacial score (nSPS) is 31.2. The average molecular weight is 710 g/mol. The average Bonchev–Trinajstić information content (AvgIpc) is 3.72. The number of ether oxygens (including phenoxy) is 1. The predicted octanol–water partition coefficient (Wildman–Crippen LogP) is -0.627. The van der Waals surface area contributed by atoms with E-state index in [1.54, 1.807) is 0 Å². The van der Waals surface area contributed by atoms with E-state index in [1.165, 1.54) is 4.90 Å². The molecule has 7 rings (SSSR count). The highest BCUT2D eigenvalue weighted by Crippen LogP contribution is 2.67. The van der Waals surface area contributed by atoms with Gasteiger partial charge in [-0.25, -0.2) is 9.55 Å². The standard InChI is InChI=1S/C20H20FN9O11P2S2/c21-8-12-7(39-18(8)29-4-25-9-14(29)23-3-24-16(9)32)2-37-43(35,45)41-13-11(31)6(1-36-42(34,44)40-12)38-19(13)30-5-26-10-15(30)27-20(22)28-17(10)33/h1,5,9,11,14,23,25,31,34-35,44-45H,2-4H2,(H2-2,22,24,27,28,32,33)/p+2/b6-1+/t9-,11-,14?,42?,43?/m1/s1. The largest absolute Gasteiger partial charge is 0.563 e. The first kappa shape index (κ1) is 30.3. The summed E-state index contributed by atoms with van der Waals surface area (Å²) in [5.41, 5.74) is 4.74. The Morgan fingerprint density at radius 3 is 2.78 bits per heavy atom. The Bertz CT molecular complexity index is 1850. The fraction of sp³-hybridized carbons (Fsp3) is 0.300. The van der Waals surface area contributed by atoms with Gasteiger partial charge in [0.05, 0.1) is 13.3 Å². The molecule has 9 N–H and O–H groups in total. The third kappa shape index (κ3) is 5.33. The molecule has 7 heterocycles. The van der Waals surface area contributed by atoms with Gasteiger partial charge in [0.2, 0.25) is 23.6 Å². The van der Waals surface area contributed by atoms with Gasteiger partial charge >= 0.3 is 14.3 Å². The number of thiol groups is 2. The molecule has 4 aliphatic rings. The minimum atomic E-state index is -4.31. The number of aromatic nitrogens is 4. The number of imidazole rings is 1. The van der Waals surface area contributed by atoms with E-state index in [-0.39, 0.29) is 48.0 Å². The Hall–Kier alpha value is -3.37. The molecule has 25 heteroatoms. The van der Waals surface area contributed by atoms with Crippen LogP contribution in [0.25, 0.3) is 17.0 Å². The van der Waals surface area contributed by atoms with Gasteiger partial charge in [-0.1, -0.05) is 0 Å². The Morgan fingerprint density at radius 2 is 1.98 bits per heavy atom. The summed E-state index contributed by atoms with van der Waals surface area (Å²) in [4.78, 5) is 58.1. The van der Waals surface area contributed by atoms with Crippen molar-refractivity contribution in [2.24, 2.45) is 0 Å². The number of aromatic amines is 1. The number of anilines is 2. The molecule has 20 nitrogen and oxygen atoms in total. The lowest BCUT2D eigenvalue weighted by Gasteiger charge is -2.30.